The van der Waals surface area contributed by atoms with E-state index >= 15 is 0 Å². The van der Waals surface area contributed by atoms with Gasteiger partial charge in [0.15, 0.2) is 0 Å². The molecule has 0 aromatic rings. The van der Waals surface area contributed by atoms with Gasteiger partial charge in [-0.3, -0.25) is 0 Å². The molecule has 0 rings (SSSR count). The van der Waals surface area contributed by atoms with E-state index in [9.17, 15) is 16.8 Å². The molecule has 0 spiro atoms. The smallest absolute Gasteiger partial charge is 0.291 e. The second-order valence-electron chi connectivity index (χ2n) is 2.72. The van der Waals surface area contributed by atoms with Gasteiger partial charge < -0.3 is 4.90 Å². The third-order valence-electron chi connectivity index (χ3n) is 0.658. The molecule has 0 aromatic carbocycles. The molecule has 11 heteroatoms. The summed E-state index contributed by atoms with van der Waals surface area (Å²) in [4.78, 5) is 1.76. The molecule has 0 aliphatic carbocycles. The first kappa shape index (κ1) is 18.4. The Morgan fingerprint density at radius 3 is 1.31 bits per heavy atom. The molecule has 0 radical (unpaired) electrons. The van der Waals surface area contributed by atoms with Crippen LogP contribution in [0.5, 0.6) is 0 Å². The highest BCUT2D eigenvalue weighted by molar-refractivity contribution is 8.10. The van der Waals surface area contributed by atoms with Crippen LogP contribution in [0.2, 0.25) is 0 Å². The Morgan fingerprint density at radius 1 is 1.06 bits per heavy atom. The summed E-state index contributed by atoms with van der Waals surface area (Å²) in [5, 5.41) is 0. The Balaban J connectivity index is 0. The Hall–Kier alpha value is 0.0600. The van der Waals surface area contributed by atoms with Gasteiger partial charge in [-0.15, -0.1) is 12.6 Å². The zero-order chi connectivity index (χ0) is 13.6. The van der Waals surface area contributed by atoms with Crippen LogP contribution in [0.1, 0.15) is 0 Å². The Kier molecular flexibility index (Phi) is 8.52. The lowest BCUT2D eigenvalue weighted by Gasteiger charge is -2.05. The minimum Gasteiger partial charge on any atom is -0.364 e. The fourth-order valence-corrected chi connectivity index (χ4v) is 0.908. The predicted molar refractivity (Wildman–Crippen MR) is 67.1 cm³/mol. The van der Waals surface area contributed by atoms with Crippen molar-refractivity contribution in [2.24, 2.45) is 0 Å². The van der Waals surface area contributed by atoms with Gasteiger partial charge >= 0.3 is 0 Å². The molecule has 0 amide bonds. The molecule has 0 saturated heterocycles. The maximum atomic E-state index is 10.1. The van der Waals surface area contributed by atoms with Crippen LogP contribution in [0.15, 0.2) is 0 Å². The molecule has 0 fully saturated rings. The summed E-state index contributed by atoms with van der Waals surface area (Å²) >= 11 is 8.46. The van der Waals surface area contributed by atoms with E-state index in [1.54, 1.807) is 4.90 Å². The maximum Gasteiger partial charge on any atom is 0.291 e. The van der Waals surface area contributed by atoms with Crippen molar-refractivity contribution in [3.63, 3.8) is 0 Å². The normalized spacial score (nSPS) is 11.3. The van der Waals surface area contributed by atoms with Crippen LogP contribution in [0, 0.1) is 0 Å². The van der Waals surface area contributed by atoms with E-state index in [1.807, 2.05) is 14.1 Å². The van der Waals surface area contributed by atoms with Crippen molar-refractivity contribution in [2.45, 2.75) is 0 Å². The summed E-state index contributed by atoms with van der Waals surface area (Å²) in [6.45, 7) is 0. The zero-order valence-corrected chi connectivity index (χ0v) is 12.4. The maximum absolute atomic E-state index is 10.1. The molecule has 0 heterocycles. The second kappa shape index (κ2) is 7.40. The first-order valence-electron chi connectivity index (χ1n) is 3.53. The highest BCUT2D eigenvalue weighted by atomic mass is 32.2. The van der Waals surface area contributed by atoms with Gasteiger partial charge in [0.1, 0.15) is 4.32 Å². The van der Waals surface area contributed by atoms with Crippen molar-refractivity contribution in [3.05, 3.63) is 0 Å². The van der Waals surface area contributed by atoms with Crippen LogP contribution in [-0.2, 0) is 28.9 Å². The number of nitrogens with zero attached hydrogens (tertiary/aromatic N) is 1. The van der Waals surface area contributed by atoms with Crippen LogP contribution < -0.4 is 0 Å². The Morgan fingerprint density at radius 2 is 1.25 bits per heavy atom. The molecule has 0 N–H and O–H groups in total. The van der Waals surface area contributed by atoms with Gasteiger partial charge in [0.2, 0.25) is 0 Å². The van der Waals surface area contributed by atoms with Crippen molar-refractivity contribution in [3.8, 4) is 0 Å². The average molecular weight is 311 g/mol. The van der Waals surface area contributed by atoms with Crippen molar-refractivity contribution in [1.29, 1.82) is 0 Å². The van der Waals surface area contributed by atoms with Gasteiger partial charge in [0, 0.05) is 14.1 Å². The third kappa shape index (κ3) is 19.6. The number of thiol groups is 1. The lowest BCUT2D eigenvalue weighted by Crippen LogP contribution is -2.12. The summed E-state index contributed by atoms with van der Waals surface area (Å²) in [6, 6.07) is 0. The predicted octanol–water partition coefficient (Wildman–Crippen LogP) is -0.383. The first-order valence-corrected chi connectivity index (χ1v) is 8.02. The van der Waals surface area contributed by atoms with Gasteiger partial charge in [0.05, 0.1) is 12.5 Å². The van der Waals surface area contributed by atoms with Crippen molar-refractivity contribution in [1.82, 2.24) is 4.90 Å². The number of rotatable bonds is 3. The van der Waals surface area contributed by atoms with Crippen molar-refractivity contribution in [2.75, 3.05) is 26.6 Å². The number of hydrogen-bond acceptors (Lipinski definition) is 7. The molecule has 0 unspecified atom stereocenters. The summed E-state index contributed by atoms with van der Waals surface area (Å²) in [5.41, 5.74) is 0. The van der Waals surface area contributed by atoms with E-state index in [-0.39, 0.29) is 0 Å². The second-order valence-corrected chi connectivity index (χ2v) is 6.92. The molecule has 0 bridgehead atoms. The lowest BCUT2D eigenvalue weighted by molar-refractivity contribution is -0.0832. The molecule has 7 nitrogen and oxygen atoms in total. The van der Waals surface area contributed by atoms with E-state index in [2.05, 4.69) is 33.5 Å². The van der Waals surface area contributed by atoms with Crippen LogP contribution in [-0.4, -0.2) is 52.7 Å². The summed E-state index contributed by atoms with van der Waals surface area (Å²) in [5.74, 6) is 0. The molecular weight excluding hydrogens is 298 g/mol. The third-order valence-corrected chi connectivity index (χ3v) is 2.14. The van der Waals surface area contributed by atoms with Crippen LogP contribution >= 0.6 is 24.8 Å². The van der Waals surface area contributed by atoms with Crippen LogP contribution in [0.25, 0.3) is 0 Å². The lowest BCUT2D eigenvalue weighted by atomic mass is 11.0. The fourth-order valence-electron chi connectivity index (χ4n) is 0.101. The summed E-state index contributed by atoms with van der Waals surface area (Å²) in [7, 11) is -4.00. The van der Waals surface area contributed by atoms with Gasteiger partial charge in [-0.25, -0.2) is 0 Å². The fraction of sp³-hybridized carbons (Fsp3) is 0.800. The molecule has 16 heavy (non-hydrogen) atoms. The molecule has 0 aromatic heterocycles. The highest BCUT2D eigenvalue weighted by Crippen LogP contribution is 1.93. The number of hydrogen-bond donors (Lipinski definition) is 1. The molecule has 98 valence electrons. The molecular formula is C5H13NO6S4. The van der Waals surface area contributed by atoms with E-state index in [0.29, 0.717) is 16.8 Å². The minimum atomic E-state index is -3.86. The van der Waals surface area contributed by atoms with Crippen molar-refractivity contribution >= 4 is 49.4 Å². The molecule has 0 saturated carbocycles. The topological polar surface area (TPSA) is 90.0 Å². The summed E-state index contributed by atoms with van der Waals surface area (Å²) in [6.07, 6.45) is 1.33. The Bertz CT molecular complexity index is 378. The van der Waals surface area contributed by atoms with Gasteiger partial charge in [0.25, 0.3) is 20.2 Å². The zero-order valence-electron chi connectivity index (χ0n) is 9.07. The molecule has 0 aliphatic heterocycles. The first-order chi connectivity index (χ1) is 6.85. The SMILES string of the molecule is CN(C)C(=S)S.CS(=O)(=O)OOS(C)(=O)=O. The van der Waals surface area contributed by atoms with E-state index in [1.165, 1.54) is 0 Å². The average Bonchev–Trinajstić information content (AvgIpc) is 1.99. The minimum absolute atomic E-state index is 0.620. The Labute approximate surface area is 106 Å². The standard InChI is InChI=1S/C3H7NS2.C2H6O6S2/c1-4(2)3(5)6;1-9(3,4)7-8-10(2,5)6/h1-2H3,(H,5,6);1-2H3. The van der Waals surface area contributed by atoms with Crippen LogP contribution in [0.3, 0.4) is 0 Å². The van der Waals surface area contributed by atoms with Crippen LogP contribution in [0.4, 0.5) is 0 Å². The molecule has 0 aliphatic rings. The highest BCUT2D eigenvalue weighted by Gasteiger charge is 2.09. The van der Waals surface area contributed by atoms with Gasteiger partial charge in [-0.2, -0.15) is 16.8 Å². The quantitative estimate of drug-likeness (QED) is 0.326. The monoisotopic (exact) mass is 311 g/mol. The largest absolute Gasteiger partial charge is 0.364 e. The van der Waals surface area contributed by atoms with Gasteiger partial charge in [-0.1, -0.05) is 20.9 Å². The number of thiocarbonyl (C=S) groups is 1. The van der Waals surface area contributed by atoms with E-state index in [4.69, 9.17) is 0 Å². The summed E-state index contributed by atoms with van der Waals surface area (Å²) < 4.78 is 47.8. The van der Waals surface area contributed by atoms with Gasteiger partial charge in [-0.05, 0) is 0 Å². The van der Waals surface area contributed by atoms with Crippen molar-refractivity contribution < 1.29 is 25.5 Å². The van der Waals surface area contributed by atoms with E-state index in [0.717, 1.165) is 0 Å². The molecule has 0 atom stereocenters. The van der Waals surface area contributed by atoms with E-state index < -0.39 is 20.2 Å².